The summed E-state index contributed by atoms with van der Waals surface area (Å²) in [5.74, 6) is 0.555. The van der Waals surface area contributed by atoms with E-state index in [1.54, 1.807) is 30.3 Å². The van der Waals surface area contributed by atoms with Crippen molar-refractivity contribution in [3.8, 4) is 17.1 Å². The van der Waals surface area contributed by atoms with Crippen LogP contribution in [-0.4, -0.2) is 24.2 Å². The van der Waals surface area contributed by atoms with Gasteiger partial charge in [0.15, 0.2) is 5.76 Å². The van der Waals surface area contributed by atoms with Gasteiger partial charge in [0.2, 0.25) is 0 Å². The standard InChI is InChI=1S/C25H17N3O6/c1-32-16-7-9-19(21(12-16)28(30)31)22-11-8-17(33-22)14-26-27-25(29)24-13-20-18-5-3-2-4-15(18)6-10-23(20)34-24/h2-14H,1H3,(H,27,29). The number of hydrazone groups is 1. The molecule has 1 amide bonds. The van der Waals surface area contributed by atoms with Crippen LogP contribution in [-0.2, 0) is 0 Å². The Morgan fingerprint density at radius 3 is 2.71 bits per heavy atom. The summed E-state index contributed by atoms with van der Waals surface area (Å²) in [6.07, 6.45) is 1.30. The summed E-state index contributed by atoms with van der Waals surface area (Å²) in [4.78, 5) is 23.4. The van der Waals surface area contributed by atoms with Gasteiger partial charge in [-0.1, -0.05) is 30.3 Å². The van der Waals surface area contributed by atoms with E-state index in [-0.39, 0.29) is 17.2 Å². The Bertz CT molecular complexity index is 1580. The molecule has 3 aromatic carbocycles. The number of nitrogens with zero attached hydrogens (tertiary/aromatic N) is 2. The maximum absolute atomic E-state index is 12.5. The van der Waals surface area contributed by atoms with Gasteiger partial charge >= 0.3 is 5.91 Å². The van der Waals surface area contributed by atoms with Crippen molar-refractivity contribution >= 4 is 39.6 Å². The average molecular weight is 455 g/mol. The highest BCUT2D eigenvalue weighted by molar-refractivity contribution is 6.08. The summed E-state index contributed by atoms with van der Waals surface area (Å²) >= 11 is 0. The van der Waals surface area contributed by atoms with Crippen LogP contribution in [0.3, 0.4) is 0 Å². The fourth-order valence-corrected chi connectivity index (χ4v) is 3.68. The van der Waals surface area contributed by atoms with E-state index in [1.165, 1.54) is 19.4 Å². The first-order valence-electron chi connectivity index (χ1n) is 10.2. The number of nitrogens with one attached hydrogen (secondary N) is 1. The minimum absolute atomic E-state index is 0.123. The van der Waals surface area contributed by atoms with Crippen LogP contribution in [0.25, 0.3) is 33.1 Å². The van der Waals surface area contributed by atoms with Crippen LogP contribution in [0.4, 0.5) is 5.69 Å². The number of nitro benzene ring substituents is 1. The molecule has 0 spiro atoms. The molecule has 9 nitrogen and oxygen atoms in total. The van der Waals surface area contributed by atoms with Crippen molar-refractivity contribution in [2.45, 2.75) is 0 Å². The lowest BCUT2D eigenvalue weighted by Gasteiger charge is -2.03. The molecule has 0 aliphatic rings. The van der Waals surface area contributed by atoms with Crippen LogP contribution in [0.5, 0.6) is 5.75 Å². The van der Waals surface area contributed by atoms with E-state index < -0.39 is 10.8 Å². The molecule has 1 N–H and O–H groups in total. The van der Waals surface area contributed by atoms with Crippen molar-refractivity contribution in [1.82, 2.24) is 5.43 Å². The van der Waals surface area contributed by atoms with Gasteiger partial charge in [-0.3, -0.25) is 14.9 Å². The first-order valence-corrected chi connectivity index (χ1v) is 10.2. The summed E-state index contributed by atoms with van der Waals surface area (Å²) in [5.41, 5.74) is 3.15. The van der Waals surface area contributed by atoms with Crippen molar-refractivity contribution < 1.29 is 23.3 Å². The van der Waals surface area contributed by atoms with Gasteiger partial charge < -0.3 is 13.6 Å². The summed E-state index contributed by atoms with van der Waals surface area (Å²) in [6.45, 7) is 0. The Morgan fingerprint density at radius 2 is 1.88 bits per heavy atom. The Morgan fingerprint density at radius 1 is 1.03 bits per heavy atom. The van der Waals surface area contributed by atoms with Crippen LogP contribution in [0.1, 0.15) is 16.3 Å². The molecule has 34 heavy (non-hydrogen) atoms. The molecule has 0 fully saturated rings. The molecule has 0 bridgehead atoms. The number of furan rings is 2. The van der Waals surface area contributed by atoms with Gasteiger partial charge in [-0.25, -0.2) is 5.43 Å². The third-order valence-electron chi connectivity index (χ3n) is 5.30. The summed E-state index contributed by atoms with van der Waals surface area (Å²) in [5, 5.41) is 18.2. The van der Waals surface area contributed by atoms with Crippen LogP contribution in [0.15, 0.2) is 86.7 Å². The second kappa shape index (κ2) is 8.55. The molecule has 2 aromatic heterocycles. The molecular weight excluding hydrogens is 438 g/mol. The summed E-state index contributed by atoms with van der Waals surface area (Å²) in [7, 11) is 1.43. The van der Waals surface area contributed by atoms with Crippen molar-refractivity contribution in [3.05, 3.63) is 94.4 Å². The van der Waals surface area contributed by atoms with Crippen LogP contribution in [0, 0.1) is 10.1 Å². The largest absolute Gasteiger partial charge is 0.497 e. The quantitative estimate of drug-likeness (QED) is 0.204. The van der Waals surface area contributed by atoms with E-state index in [0.29, 0.717) is 22.7 Å². The van der Waals surface area contributed by atoms with Crippen molar-refractivity contribution in [2.75, 3.05) is 7.11 Å². The number of carbonyl (C=O) groups excluding carboxylic acids is 1. The fraction of sp³-hybridized carbons (Fsp3) is 0.0400. The molecule has 5 rings (SSSR count). The zero-order valence-corrected chi connectivity index (χ0v) is 17.8. The van der Waals surface area contributed by atoms with Gasteiger partial charge in [-0.15, -0.1) is 0 Å². The molecule has 0 atom stereocenters. The van der Waals surface area contributed by atoms with Gasteiger partial charge in [0, 0.05) is 5.39 Å². The predicted octanol–water partition coefficient (Wildman–Crippen LogP) is 5.53. The molecule has 0 saturated heterocycles. The van der Waals surface area contributed by atoms with E-state index >= 15 is 0 Å². The Balaban J connectivity index is 1.33. The van der Waals surface area contributed by atoms with Crippen molar-refractivity contribution in [3.63, 3.8) is 0 Å². The number of ether oxygens (including phenoxy) is 1. The highest BCUT2D eigenvalue weighted by Crippen LogP contribution is 2.34. The second-order valence-electron chi connectivity index (χ2n) is 7.35. The number of nitro groups is 1. The fourth-order valence-electron chi connectivity index (χ4n) is 3.68. The third kappa shape index (κ3) is 3.86. The lowest BCUT2D eigenvalue weighted by atomic mass is 10.1. The Labute approximate surface area is 192 Å². The molecule has 0 unspecified atom stereocenters. The lowest BCUT2D eigenvalue weighted by Crippen LogP contribution is -2.16. The minimum Gasteiger partial charge on any atom is -0.497 e. The number of rotatable bonds is 6. The molecule has 168 valence electrons. The molecule has 0 aliphatic carbocycles. The Hall–Kier alpha value is -4.92. The van der Waals surface area contributed by atoms with E-state index in [1.807, 2.05) is 36.4 Å². The first kappa shape index (κ1) is 21.0. The van der Waals surface area contributed by atoms with Crippen molar-refractivity contribution in [1.29, 1.82) is 0 Å². The average Bonchev–Trinajstić information content (AvgIpc) is 3.51. The second-order valence-corrected chi connectivity index (χ2v) is 7.35. The topological polar surface area (TPSA) is 120 Å². The number of fused-ring (bicyclic) bond motifs is 3. The molecule has 0 saturated carbocycles. The minimum atomic E-state index is -0.519. The van der Waals surface area contributed by atoms with Gasteiger partial charge in [0.05, 0.1) is 29.9 Å². The van der Waals surface area contributed by atoms with Gasteiger partial charge in [0.25, 0.3) is 5.69 Å². The molecule has 0 radical (unpaired) electrons. The zero-order valence-electron chi connectivity index (χ0n) is 17.8. The van der Waals surface area contributed by atoms with E-state index in [4.69, 9.17) is 13.6 Å². The predicted molar refractivity (Wildman–Crippen MR) is 126 cm³/mol. The smallest absolute Gasteiger partial charge is 0.307 e. The van der Waals surface area contributed by atoms with Crippen LogP contribution < -0.4 is 10.2 Å². The van der Waals surface area contributed by atoms with Gasteiger partial charge in [-0.2, -0.15) is 5.10 Å². The SMILES string of the molecule is COc1ccc(-c2ccc(C=NNC(=O)c3cc4c(ccc5ccccc54)o3)o2)c([N+](=O)[O-])c1. The number of hydrogen-bond acceptors (Lipinski definition) is 7. The molecular formula is C25H17N3O6. The monoisotopic (exact) mass is 455 g/mol. The maximum atomic E-state index is 12.5. The van der Waals surface area contributed by atoms with Crippen LogP contribution >= 0.6 is 0 Å². The molecule has 5 aromatic rings. The highest BCUT2D eigenvalue weighted by Gasteiger charge is 2.19. The van der Waals surface area contributed by atoms with Crippen LogP contribution in [0.2, 0.25) is 0 Å². The number of carbonyl (C=O) groups is 1. The number of hydrogen-bond donors (Lipinski definition) is 1. The normalized spacial score (nSPS) is 11.3. The highest BCUT2D eigenvalue weighted by atomic mass is 16.6. The zero-order chi connectivity index (χ0) is 23.7. The van der Waals surface area contributed by atoms with Gasteiger partial charge in [0.1, 0.15) is 22.9 Å². The first-order chi connectivity index (χ1) is 16.5. The molecule has 2 heterocycles. The van der Waals surface area contributed by atoms with Gasteiger partial charge in [-0.05, 0) is 47.2 Å². The van der Waals surface area contributed by atoms with E-state index in [9.17, 15) is 14.9 Å². The molecule has 0 aliphatic heterocycles. The molecule has 9 heteroatoms. The van der Waals surface area contributed by atoms with E-state index in [0.717, 1.165) is 16.2 Å². The maximum Gasteiger partial charge on any atom is 0.307 e. The number of methoxy groups -OCH3 is 1. The van der Waals surface area contributed by atoms with E-state index in [2.05, 4.69) is 10.5 Å². The summed E-state index contributed by atoms with van der Waals surface area (Å²) < 4.78 is 16.4. The number of benzene rings is 3. The summed E-state index contributed by atoms with van der Waals surface area (Å²) in [6, 6.07) is 20.9. The lowest BCUT2D eigenvalue weighted by molar-refractivity contribution is -0.384. The van der Waals surface area contributed by atoms with Crippen molar-refractivity contribution in [2.24, 2.45) is 5.10 Å². The number of amides is 1. The third-order valence-corrected chi connectivity index (χ3v) is 5.30. The Kier molecular flexibility index (Phi) is 5.27.